The van der Waals surface area contributed by atoms with Gasteiger partial charge in [0, 0.05) is 43.4 Å². The summed E-state index contributed by atoms with van der Waals surface area (Å²) in [4.78, 5) is 11.8. The molecule has 0 bridgehead atoms. The lowest BCUT2D eigenvalue weighted by Gasteiger charge is -2.53. The fourth-order valence-electron chi connectivity index (χ4n) is 6.20. The molecule has 1 aromatic heterocycles. The second-order valence-corrected chi connectivity index (χ2v) is 10.3. The van der Waals surface area contributed by atoms with E-state index in [1.54, 1.807) is 7.11 Å². The molecule has 0 amide bonds. The number of rotatable bonds is 8. The van der Waals surface area contributed by atoms with Gasteiger partial charge in [0.1, 0.15) is 11.6 Å². The molecule has 192 valence electrons. The summed E-state index contributed by atoms with van der Waals surface area (Å²) in [6.45, 7) is 10.8. The summed E-state index contributed by atoms with van der Waals surface area (Å²) in [5, 5.41) is 3.57. The molecular formula is C32H38N4O. The lowest BCUT2D eigenvalue weighted by atomic mass is 9.65. The normalized spacial score (nSPS) is 16.2. The number of aromatic nitrogens is 2. The molecule has 2 N–H and O–H groups in total. The third-order valence-electron chi connectivity index (χ3n) is 7.85. The van der Waals surface area contributed by atoms with Crippen molar-refractivity contribution in [2.45, 2.75) is 32.2 Å². The first-order valence-electron chi connectivity index (χ1n) is 13.3. The van der Waals surface area contributed by atoms with Crippen molar-refractivity contribution in [2.75, 3.05) is 33.3 Å². The summed E-state index contributed by atoms with van der Waals surface area (Å²) in [6.07, 6.45) is 0. The van der Waals surface area contributed by atoms with Crippen molar-refractivity contribution in [1.82, 2.24) is 20.2 Å². The number of aryl methyl sites for hydroxylation is 1. The highest BCUT2D eigenvalue weighted by Gasteiger charge is 2.51. The molecule has 1 fully saturated rings. The van der Waals surface area contributed by atoms with Gasteiger partial charge in [-0.3, -0.25) is 4.90 Å². The van der Waals surface area contributed by atoms with Gasteiger partial charge in [0.15, 0.2) is 0 Å². The highest BCUT2D eigenvalue weighted by Crippen LogP contribution is 2.51. The molecule has 5 nitrogen and oxygen atoms in total. The molecule has 0 spiro atoms. The summed E-state index contributed by atoms with van der Waals surface area (Å²) in [7, 11) is 1.70. The molecule has 1 atom stereocenters. The monoisotopic (exact) mass is 494 g/mol. The van der Waals surface area contributed by atoms with Crippen LogP contribution < -0.4 is 10.1 Å². The maximum Gasteiger partial charge on any atom is 0.137 e. The lowest BCUT2D eigenvalue weighted by Crippen LogP contribution is -2.60. The average Bonchev–Trinajstić information content (AvgIpc) is 3.34. The predicted octanol–water partition coefficient (Wildman–Crippen LogP) is 5.98. The average molecular weight is 495 g/mol. The van der Waals surface area contributed by atoms with Crippen molar-refractivity contribution in [3.8, 4) is 17.1 Å². The van der Waals surface area contributed by atoms with Gasteiger partial charge in [-0.25, -0.2) is 4.98 Å². The number of hydrogen-bond acceptors (Lipinski definition) is 4. The van der Waals surface area contributed by atoms with E-state index in [-0.39, 0.29) is 11.5 Å². The molecule has 0 radical (unpaired) electrons. The van der Waals surface area contributed by atoms with E-state index >= 15 is 0 Å². The van der Waals surface area contributed by atoms with Crippen molar-refractivity contribution >= 4 is 0 Å². The predicted molar refractivity (Wildman–Crippen MR) is 151 cm³/mol. The molecule has 1 aliphatic heterocycles. The minimum atomic E-state index is -0.351. The molecule has 5 rings (SSSR count). The molecule has 2 heterocycles. The van der Waals surface area contributed by atoms with Crippen LogP contribution in [0.4, 0.5) is 0 Å². The highest BCUT2D eigenvalue weighted by atomic mass is 16.5. The number of ether oxygens (including phenoxy) is 1. The van der Waals surface area contributed by atoms with Crippen molar-refractivity contribution < 1.29 is 4.74 Å². The van der Waals surface area contributed by atoms with E-state index in [9.17, 15) is 0 Å². The number of hydrogen-bond donors (Lipinski definition) is 2. The summed E-state index contributed by atoms with van der Waals surface area (Å²) >= 11 is 0. The summed E-state index contributed by atoms with van der Waals surface area (Å²) in [5.74, 6) is 2.15. The molecular weight excluding hydrogens is 456 g/mol. The molecule has 1 saturated heterocycles. The Bertz CT molecular complexity index is 1240. The molecule has 4 aromatic rings. The molecule has 5 heteroatoms. The fraction of sp³-hybridized carbons (Fsp3) is 0.344. The molecule has 0 saturated carbocycles. The summed E-state index contributed by atoms with van der Waals surface area (Å²) < 4.78 is 5.39. The maximum atomic E-state index is 5.42. The number of H-pyrrole nitrogens is 1. The summed E-state index contributed by atoms with van der Waals surface area (Å²) in [6, 6.07) is 30.1. The quantitative estimate of drug-likeness (QED) is 0.316. The Labute approximate surface area is 220 Å². The number of benzene rings is 3. The second kappa shape index (κ2) is 10.9. The van der Waals surface area contributed by atoms with Crippen molar-refractivity contribution in [3.63, 3.8) is 0 Å². The Kier molecular flexibility index (Phi) is 7.45. The third kappa shape index (κ3) is 4.70. The summed E-state index contributed by atoms with van der Waals surface area (Å²) in [5.41, 5.74) is 5.59. The van der Waals surface area contributed by atoms with E-state index in [1.807, 2.05) is 12.1 Å². The molecule has 37 heavy (non-hydrogen) atoms. The number of methoxy groups -OCH3 is 1. The Morgan fingerprint density at radius 3 is 1.92 bits per heavy atom. The van der Waals surface area contributed by atoms with Crippen LogP contribution in [0.2, 0.25) is 0 Å². The molecule has 1 unspecified atom stereocenters. The van der Waals surface area contributed by atoms with E-state index in [1.165, 1.54) is 11.1 Å². The topological polar surface area (TPSA) is 53.2 Å². The molecule has 0 aliphatic carbocycles. The Hall–Kier alpha value is -3.41. The van der Waals surface area contributed by atoms with E-state index in [0.29, 0.717) is 5.92 Å². The third-order valence-corrected chi connectivity index (χ3v) is 7.85. The van der Waals surface area contributed by atoms with Gasteiger partial charge in [-0.1, -0.05) is 74.5 Å². The zero-order valence-corrected chi connectivity index (χ0v) is 22.4. The fourth-order valence-corrected chi connectivity index (χ4v) is 6.20. The maximum absolute atomic E-state index is 5.42. The highest BCUT2D eigenvalue weighted by molar-refractivity contribution is 5.58. The van der Waals surface area contributed by atoms with Gasteiger partial charge in [-0.15, -0.1) is 0 Å². The van der Waals surface area contributed by atoms with E-state index < -0.39 is 0 Å². The van der Waals surface area contributed by atoms with Crippen LogP contribution in [0.25, 0.3) is 11.4 Å². The minimum absolute atomic E-state index is 0.110. The van der Waals surface area contributed by atoms with Gasteiger partial charge in [0.05, 0.1) is 18.3 Å². The van der Waals surface area contributed by atoms with Crippen LogP contribution in [0.5, 0.6) is 5.75 Å². The first kappa shape index (κ1) is 25.2. The number of nitrogens with zero attached hydrogens (tertiary/aromatic N) is 2. The number of aromatic amines is 1. The Balaban J connectivity index is 1.76. The zero-order chi connectivity index (χ0) is 25.8. The van der Waals surface area contributed by atoms with Crippen molar-refractivity contribution in [3.05, 3.63) is 107 Å². The smallest absolute Gasteiger partial charge is 0.137 e. The van der Waals surface area contributed by atoms with Gasteiger partial charge in [0.25, 0.3) is 0 Å². The van der Waals surface area contributed by atoms with Crippen LogP contribution in [-0.4, -0.2) is 48.2 Å². The minimum Gasteiger partial charge on any atom is -0.497 e. The van der Waals surface area contributed by atoms with Gasteiger partial charge >= 0.3 is 0 Å². The second-order valence-electron chi connectivity index (χ2n) is 10.3. The largest absolute Gasteiger partial charge is 0.497 e. The number of imidazole rings is 1. The van der Waals surface area contributed by atoms with Gasteiger partial charge in [-0.2, -0.15) is 0 Å². The Morgan fingerprint density at radius 1 is 0.838 bits per heavy atom. The SMILES string of the molecule is COc1ccc(-c2nc(C(C(C)C)(C(c3ccccc3)c3ccccc3)N3CCNCC3)c(C)[nH]2)cc1. The van der Waals surface area contributed by atoms with Gasteiger partial charge in [0.2, 0.25) is 0 Å². The molecule has 1 aliphatic rings. The first-order valence-corrected chi connectivity index (χ1v) is 13.3. The van der Waals surface area contributed by atoms with E-state index in [4.69, 9.17) is 9.72 Å². The molecule has 3 aromatic carbocycles. The van der Waals surface area contributed by atoms with Crippen molar-refractivity contribution in [1.29, 1.82) is 0 Å². The zero-order valence-electron chi connectivity index (χ0n) is 22.4. The lowest BCUT2D eigenvalue weighted by molar-refractivity contribution is 0.0108. The standard InChI is InChI=1S/C32H38N4O/c1-23(2)32(36-21-19-33-20-22-36,29(25-11-7-5-8-12-25)26-13-9-6-10-14-26)30-24(3)34-31(35-30)27-15-17-28(37-4)18-16-27/h5-18,23,29,33H,19-22H2,1-4H3,(H,34,35). The van der Waals surface area contributed by atoms with Crippen LogP contribution in [0.15, 0.2) is 84.9 Å². The Morgan fingerprint density at radius 2 is 1.41 bits per heavy atom. The van der Waals surface area contributed by atoms with Crippen LogP contribution in [0, 0.1) is 12.8 Å². The van der Waals surface area contributed by atoms with Gasteiger partial charge < -0.3 is 15.0 Å². The van der Waals surface area contributed by atoms with Gasteiger partial charge in [-0.05, 0) is 48.2 Å². The van der Waals surface area contributed by atoms with Crippen molar-refractivity contribution in [2.24, 2.45) is 5.92 Å². The van der Waals surface area contributed by atoms with Crippen LogP contribution in [-0.2, 0) is 5.54 Å². The van der Waals surface area contributed by atoms with Crippen LogP contribution >= 0.6 is 0 Å². The number of nitrogens with one attached hydrogen (secondary N) is 2. The van der Waals surface area contributed by atoms with Crippen LogP contribution in [0.3, 0.4) is 0 Å². The van der Waals surface area contributed by atoms with Crippen LogP contribution in [0.1, 0.15) is 42.3 Å². The van der Waals surface area contributed by atoms with E-state index in [2.05, 4.69) is 109 Å². The number of piperazine rings is 1. The van der Waals surface area contributed by atoms with E-state index in [0.717, 1.165) is 54.7 Å². The first-order chi connectivity index (χ1) is 18.1.